The molecule has 0 saturated carbocycles. The van der Waals surface area contributed by atoms with Gasteiger partial charge >= 0.3 is 0 Å². The van der Waals surface area contributed by atoms with Crippen LogP contribution >= 0.6 is 11.6 Å². The number of benzene rings is 1. The van der Waals surface area contributed by atoms with E-state index in [4.69, 9.17) is 17.3 Å². The third kappa shape index (κ3) is 3.22. The van der Waals surface area contributed by atoms with Gasteiger partial charge in [0.2, 0.25) is 11.9 Å². The molecule has 2 aromatic rings. The zero-order chi connectivity index (χ0) is 14.7. The summed E-state index contributed by atoms with van der Waals surface area (Å²) in [6, 6.07) is 5.62. The van der Waals surface area contributed by atoms with E-state index in [9.17, 15) is 4.79 Å². The quantitative estimate of drug-likeness (QED) is 0.890. The number of nitrogens with one attached hydrogen (secondary N) is 1. The number of amides is 1. The average molecular weight is 295 g/mol. The highest BCUT2D eigenvalue weighted by Crippen LogP contribution is 2.21. The second-order valence-electron chi connectivity index (χ2n) is 4.88. The topological polar surface area (TPSA) is 72.9 Å². The molecule has 0 aliphatic heterocycles. The second-order valence-corrected chi connectivity index (χ2v) is 5.32. The lowest BCUT2D eigenvalue weighted by Crippen LogP contribution is -2.32. The monoisotopic (exact) mass is 294 g/mol. The Balaban J connectivity index is 2.10. The number of carbonyl (C=O) groups is 1. The lowest BCUT2D eigenvalue weighted by atomic mass is 10.2. The van der Waals surface area contributed by atoms with Crippen LogP contribution in [-0.4, -0.2) is 21.5 Å². The van der Waals surface area contributed by atoms with Gasteiger partial charge in [-0.15, -0.1) is 0 Å². The van der Waals surface area contributed by atoms with Crippen molar-refractivity contribution >= 4 is 34.5 Å². The molecule has 2 rings (SSSR count). The molecule has 1 aromatic heterocycles. The first kappa shape index (κ1) is 14.7. The molecule has 0 fully saturated rings. The number of nitrogens with zero attached hydrogens (tertiary/aromatic N) is 2. The van der Waals surface area contributed by atoms with Gasteiger partial charge in [0.25, 0.3) is 0 Å². The highest BCUT2D eigenvalue weighted by molar-refractivity contribution is 6.31. The molecule has 0 spiro atoms. The Morgan fingerprint density at radius 2 is 2.30 bits per heavy atom. The molecule has 6 heteroatoms. The van der Waals surface area contributed by atoms with Crippen LogP contribution in [0.3, 0.4) is 0 Å². The number of halogens is 1. The number of nitrogens with two attached hydrogens (primary N) is 1. The Morgan fingerprint density at radius 1 is 1.55 bits per heavy atom. The highest BCUT2D eigenvalue weighted by Gasteiger charge is 2.11. The van der Waals surface area contributed by atoms with E-state index in [0.29, 0.717) is 23.9 Å². The summed E-state index contributed by atoms with van der Waals surface area (Å²) >= 11 is 5.93. The van der Waals surface area contributed by atoms with E-state index in [1.807, 2.05) is 24.5 Å². The first-order valence-corrected chi connectivity index (χ1v) is 7.09. The molecular weight excluding hydrogens is 276 g/mol. The van der Waals surface area contributed by atoms with E-state index in [1.54, 1.807) is 12.1 Å². The maximum absolute atomic E-state index is 11.8. The van der Waals surface area contributed by atoms with Crippen molar-refractivity contribution in [3.05, 3.63) is 23.2 Å². The van der Waals surface area contributed by atoms with Crippen molar-refractivity contribution in [2.24, 2.45) is 0 Å². The maximum Gasteiger partial charge on any atom is 0.222 e. The van der Waals surface area contributed by atoms with Gasteiger partial charge in [0.05, 0.1) is 11.0 Å². The van der Waals surface area contributed by atoms with E-state index < -0.39 is 0 Å². The van der Waals surface area contributed by atoms with Crippen molar-refractivity contribution in [3.63, 3.8) is 0 Å². The van der Waals surface area contributed by atoms with E-state index in [0.717, 1.165) is 17.5 Å². The van der Waals surface area contributed by atoms with Gasteiger partial charge in [0, 0.05) is 24.0 Å². The first-order chi connectivity index (χ1) is 9.51. The third-order valence-corrected chi connectivity index (χ3v) is 3.56. The Hall–Kier alpha value is -1.75. The molecule has 20 heavy (non-hydrogen) atoms. The molecule has 0 aliphatic carbocycles. The fourth-order valence-electron chi connectivity index (χ4n) is 2.02. The molecule has 0 bridgehead atoms. The fraction of sp³-hybridized carbons (Fsp3) is 0.429. The standard InChI is InChI=1S/C14H19ClN4O/c1-3-9(2)17-13(20)6-7-19-12-5-4-10(15)8-11(12)18-14(19)16/h4-5,8-9H,3,6-7H2,1-2H3,(H2,16,18)(H,17,20). The van der Waals surface area contributed by atoms with Gasteiger partial charge < -0.3 is 15.6 Å². The number of carbonyl (C=O) groups excluding carboxylic acids is 1. The SMILES string of the molecule is CCC(C)NC(=O)CCn1c(N)nc2cc(Cl)ccc21. The molecule has 1 heterocycles. The molecule has 1 unspecified atom stereocenters. The average Bonchev–Trinajstić information content (AvgIpc) is 2.70. The van der Waals surface area contributed by atoms with E-state index >= 15 is 0 Å². The molecule has 5 nitrogen and oxygen atoms in total. The minimum atomic E-state index is 0.0227. The van der Waals surface area contributed by atoms with E-state index in [1.165, 1.54) is 0 Å². The summed E-state index contributed by atoms with van der Waals surface area (Å²) in [7, 11) is 0. The van der Waals surface area contributed by atoms with Crippen LogP contribution in [0.5, 0.6) is 0 Å². The maximum atomic E-state index is 11.8. The molecular formula is C14H19ClN4O. The fourth-order valence-corrected chi connectivity index (χ4v) is 2.19. The molecule has 0 saturated heterocycles. The Kier molecular flexibility index (Phi) is 4.49. The van der Waals surface area contributed by atoms with Gasteiger partial charge in [0.15, 0.2) is 0 Å². The number of hydrogen-bond acceptors (Lipinski definition) is 3. The molecule has 1 amide bonds. The number of rotatable bonds is 5. The molecule has 0 aliphatic rings. The van der Waals surface area contributed by atoms with Gasteiger partial charge in [-0.1, -0.05) is 18.5 Å². The van der Waals surface area contributed by atoms with Crippen LogP contribution in [0.1, 0.15) is 26.7 Å². The third-order valence-electron chi connectivity index (χ3n) is 3.32. The Morgan fingerprint density at radius 3 is 3.00 bits per heavy atom. The summed E-state index contributed by atoms with van der Waals surface area (Å²) in [5.74, 6) is 0.424. The van der Waals surface area contributed by atoms with Crippen LogP contribution in [0.15, 0.2) is 18.2 Å². The smallest absolute Gasteiger partial charge is 0.222 e. The number of imidazole rings is 1. The molecule has 108 valence electrons. The van der Waals surface area contributed by atoms with Crippen molar-refractivity contribution in [2.75, 3.05) is 5.73 Å². The number of fused-ring (bicyclic) bond motifs is 1. The number of aryl methyl sites for hydroxylation is 1. The van der Waals surface area contributed by atoms with Gasteiger partial charge in [-0.25, -0.2) is 4.98 Å². The summed E-state index contributed by atoms with van der Waals surface area (Å²) < 4.78 is 1.84. The van der Waals surface area contributed by atoms with Crippen molar-refractivity contribution in [1.29, 1.82) is 0 Å². The van der Waals surface area contributed by atoms with Crippen LogP contribution in [0, 0.1) is 0 Å². The Bertz CT molecular complexity index is 623. The number of nitrogen functional groups attached to an aromatic ring is 1. The number of anilines is 1. The predicted octanol–water partition coefficient (Wildman–Crippen LogP) is 2.58. The number of hydrogen-bond donors (Lipinski definition) is 2. The largest absolute Gasteiger partial charge is 0.369 e. The van der Waals surface area contributed by atoms with E-state index in [2.05, 4.69) is 10.3 Å². The Labute approximate surface area is 123 Å². The van der Waals surface area contributed by atoms with Crippen molar-refractivity contribution < 1.29 is 4.79 Å². The van der Waals surface area contributed by atoms with Crippen LogP contribution < -0.4 is 11.1 Å². The van der Waals surface area contributed by atoms with Crippen LogP contribution in [-0.2, 0) is 11.3 Å². The van der Waals surface area contributed by atoms with Gasteiger partial charge in [-0.3, -0.25) is 4.79 Å². The second kappa shape index (κ2) is 6.13. The van der Waals surface area contributed by atoms with Gasteiger partial charge in [-0.2, -0.15) is 0 Å². The van der Waals surface area contributed by atoms with Crippen molar-refractivity contribution in [3.8, 4) is 0 Å². The lowest BCUT2D eigenvalue weighted by molar-refractivity contribution is -0.121. The van der Waals surface area contributed by atoms with E-state index in [-0.39, 0.29) is 11.9 Å². The zero-order valence-corrected chi connectivity index (χ0v) is 12.4. The minimum Gasteiger partial charge on any atom is -0.369 e. The summed E-state index contributed by atoms with van der Waals surface area (Å²) in [6.45, 7) is 4.53. The van der Waals surface area contributed by atoms with Crippen LogP contribution in [0.4, 0.5) is 5.95 Å². The zero-order valence-electron chi connectivity index (χ0n) is 11.7. The normalized spacial score (nSPS) is 12.6. The number of aromatic nitrogens is 2. The van der Waals surface area contributed by atoms with Crippen molar-refractivity contribution in [1.82, 2.24) is 14.9 Å². The molecule has 1 aromatic carbocycles. The highest BCUT2D eigenvalue weighted by atomic mass is 35.5. The summed E-state index contributed by atoms with van der Waals surface area (Å²) in [5.41, 5.74) is 7.53. The van der Waals surface area contributed by atoms with Gasteiger partial charge in [-0.05, 0) is 31.5 Å². The van der Waals surface area contributed by atoms with Crippen LogP contribution in [0.2, 0.25) is 5.02 Å². The molecule has 0 radical (unpaired) electrons. The first-order valence-electron chi connectivity index (χ1n) is 6.72. The summed E-state index contributed by atoms with van der Waals surface area (Å²) in [6.07, 6.45) is 1.29. The van der Waals surface area contributed by atoms with Crippen molar-refractivity contribution in [2.45, 2.75) is 39.3 Å². The summed E-state index contributed by atoms with van der Waals surface area (Å²) in [4.78, 5) is 16.1. The lowest BCUT2D eigenvalue weighted by Gasteiger charge is -2.12. The van der Waals surface area contributed by atoms with Gasteiger partial charge in [0.1, 0.15) is 0 Å². The molecule has 1 atom stereocenters. The van der Waals surface area contributed by atoms with Crippen LogP contribution in [0.25, 0.3) is 11.0 Å². The predicted molar refractivity (Wildman–Crippen MR) is 81.7 cm³/mol. The summed E-state index contributed by atoms with van der Waals surface area (Å²) in [5, 5.41) is 3.56. The molecule has 3 N–H and O–H groups in total. The minimum absolute atomic E-state index is 0.0227.